The summed E-state index contributed by atoms with van der Waals surface area (Å²) in [5.41, 5.74) is 1.89. The third-order valence-corrected chi connectivity index (χ3v) is 3.99. The van der Waals surface area contributed by atoms with Gasteiger partial charge in [0.15, 0.2) is 12.4 Å². The van der Waals surface area contributed by atoms with Crippen molar-refractivity contribution in [1.82, 2.24) is 4.57 Å². The van der Waals surface area contributed by atoms with E-state index in [9.17, 15) is 14.4 Å². The van der Waals surface area contributed by atoms with E-state index in [0.717, 1.165) is 0 Å². The smallest absolute Gasteiger partial charge is 0.355 e. The van der Waals surface area contributed by atoms with E-state index >= 15 is 0 Å². The van der Waals surface area contributed by atoms with E-state index in [0.29, 0.717) is 22.5 Å². The Morgan fingerprint density at radius 1 is 0.889 bits per heavy atom. The minimum Gasteiger partial charge on any atom is -0.453 e. The van der Waals surface area contributed by atoms with E-state index < -0.39 is 5.97 Å². The molecule has 1 amide bonds. The standard InChI is InChI=1S/C21H18N2O4/c1-23-13-5-8-18(23)21(26)27-14-19(24)15-9-11-17(12-10-15)22-20(25)16-6-3-2-4-7-16/h2-13H,14H2,1H3,(H,22,25). The number of rotatable bonds is 6. The maximum atomic E-state index is 12.2. The molecule has 0 saturated carbocycles. The fraction of sp³-hybridized carbons (Fsp3) is 0.0952. The molecule has 0 saturated heterocycles. The molecule has 0 unspecified atom stereocenters. The summed E-state index contributed by atoms with van der Waals surface area (Å²) in [6.45, 7) is -0.347. The lowest BCUT2D eigenvalue weighted by Gasteiger charge is -2.07. The van der Waals surface area contributed by atoms with E-state index in [1.54, 1.807) is 78.5 Å². The molecule has 0 spiro atoms. The van der Waals surface area contributed by atoms with Gasteiger partial charge < -0.3 is 14.6 Å². The molecule has 0 atom stereocenters. The molecule has 1 aromatic heterocycles. The predicted octanol–water partition coefficient (Wildman–Crippen LogP) is 3.32. The molecule has 0 fully saturated rings. The van der Waals surface area contributed by atoms with Gasteiger partial charge in [-0.1, -0.05) is 18.2 Å². The quantitative estimate of drug-likeness (QED) is 0.539. The summed E-state index contributed by atoms with van der Waals surface area (Å²) >= 11 is 0. The van der Waals surface area contributed by atoms with Crippen LogP contribution in [0.4, 0.5) is 5.69 Å². The number of nitrogens with zero attached hydrogens (tertiary/aromatic N) is 1. The molecule has 1 N–H and O–H groups in total. The number of benzene rings is 2. The van der Waals surface area contributed by atoms with Gasteiger partial charge in [-0.05, 0) is 48.5 Å². The van der Waals surface area contributed by atoms with Crippen LogP contribution in [0.3, 0.4) is 0 Å². The van der Waals surface area contributed by atoms with Gasteiger partial charge in [-0.15, -0.1) is 0 Å². The molecular weight excluding hydrogens is 344 g/mol. The Hall–Kier alpha value is -3.67. The molecular formula is C21H18N2O4. The second-order valence-corrected chi connectivity index (χ2v) is 5.90. The maximum absolute atomic E-state index is 12.2. The number of hydrogen-bond donors (Lipinski definition) is 1. The third-order valence-electron chi connectivity index (χ3n) is 3.99. The van der Waals surface area contributed by atoms with Crippen molar-refractivity contribution in [2.45, 2.75) is 0 Å². The summed E-state index contributed by atoms with van der Waals surface area (Å²) in [7, 11) is 1.72. The van der Waals surface area contributed by atoms with Crippen molar-refractivity contribution < 1.29 is 19.1 Å². The number of carbonyl (C=O) groups excluding carboxylic acids is 3. The lowest BCUT2D eigenvalue weighted by molar-refractivity contribution is 0.0465. The van der Waals surface area contributed by atoms with E-state index in [2.05, 4.69) is 5.32 Å². The van der Waals surface area contributed by atoms with Gasteiger partial charge in [-0.2, -0.15) is 0 Å². The number of Topliss-reactive ketones (excluding diaryl/α,β-unsaturated/α-hetero) is 1. The molecule has 0 aliphatic heterocycles. The zero-order chi connectivity index (χ0) is 19.2. The van der Waals surface area contributed by atoms with Crippen LogP contribution in [0.5, 0.6) is 0 Å². The van der Waals surface area contributed by atoms with E-state index in [-0.39, 0.29) is 18.3 Å². The number of aromatic nitrogens is 1. The van der Waals surface area contributed by atoms with Crippen molar-refractivity contribution in [2.75, 3.05) is 11.9 Å². The number of ketones is 1. The SMILES string of the molecule is Cn1cccc1C(=O)OCC(=O)c1ccc(NC(=O)c2ccccc2)cc1. The highest BCUT2D eigenvalue weighted by atomic mass is 16.5. The molecule has 0 aliphatic carbocycles. The first-order chi connectivity index (χ1) is 13.0. The highest BCUT2D eigenvalue weighted by molar-refractivity contribution is 6.04. The van der Waals surface area contributed by atoms with Crippen LogP contribution in [-0.2, 0) is 11.8 Å². The number of ether oxygens (including phenoxy) is 1. The zero-order valence-electron chi connectivity index (χ0n) is 14.7. The van der Waals surface area contributed by atoms with E-state index in [1.165, 1.54) is 0 Å². The van der Waals surface area contributed by atoms with Crippen molar-refractivity contribution in [3.05, 3.63) is 89.7 Å². The van der Waals surface area contributed by atoms with Crippen molar-refractivity contribution in [3.63, 3.8) is 0 Å². The topological polar surface area (TPSA) is 77.4 Å². The Kier molecular flexibility index (Phi) is 5.47. The van der Waals surface area contributed by atoms with Crippen LogP contribution >= 0.6 is 0 Å². The monoisotopic (exact) mass is 362 g/mol. The van der Waals surface area contributed by atoms with Crippen molar-refractivity contribution >= 4 is 23.3 Å². The molecule has 6 heteroatoms. The largest absolute Gasteiger partial charge is 0.453 e. The number of hydrogen-bond acceptors (Lipinski definition) is 4. The van der Waals surface area contributed by atoms with Crippen LogP contribution in [-0.4, -0.2) is 28.8 Å². The van der Waals surface area contributed by atoms with Gasteiger partial charge in [-0.25, -0.2) is 4.79 Å². The van der Waals surface area contributed by atoms with Gasteiger partial charge in [0.2, 0.25) is 0 Å². The number of aryl methyl sites for hydroxylation is 1. The lowest BCUT2D eigenvalue weighted by Crippen LogP contribution is -2.16. The molecule has 0 aliphatic rings. The van der Waals surface area contributed by atoms with Gasteiger partial charge in [0.25, 0.3) is 5.91 Å². The molecule has 27 heavy (non-hydrogen) atoms. The van der Waals surface area contributed by atoms with Crippen LogP contribution in [0.1, 0.15) is 31.2 Å². The first-order valence-electron chi connectivity index (χ1n) is 8.33. The average Bonchev–Trinajstić information content (AvgIpc) is 3.13. The minimum absolute atomic E-state index is 0.230. The van der Waals surface area contributed by atoms with Gasteiger partial charge in [0, 0.05) is 30.1 Å². The normalized spacial score (nSPS) is 10.3. The minimum atomic E-state index is -0.553. The molecule has 6 nitrogen and oxygen atoms in total. The van der Waals surface area contributed by atoms with E-state index in [1.807, 2.05) is 6.07 Å². The number of nitrogens with one attached hydrogen (secondary N) is 1. The van der Waals surface area contributed by atoms with Gasteiger partial charge in [-0.3, -0.25) is 9.59 Å². The van der Waals surface area contributed by atoms with Crippen LogP contribution in [0.25, 0.3) is 0 Å². The Bertz CT molecular complexity index is 959. The Labute approximate surface area is 156 Å². The fourth-order valence-electron chi connectivity index (χ4n) is 2.49. The molecule has 136 valence electrons. The van der Waals surface area contributed by atoms with Gasteiger partial charge in [0.05, 0.1) is 0 Å². The van der Waals surface area contributed by atoms with Crippen LogP contribution in [0.2, 0.25) is 0 Å². The molecule has 3 aromatic rings. The summed E-state index contributed by atoms with van der Waals surface area (Å²) in [4.78, 5) is 36.2. The maximum Gasteiger partial charge on any atom is 0.355 e. The predicted molar refractivity (Wildman–Crippen MR) is 101 cm³/mol. The highest BCUT2D eigenvalue weighted by Crippen LogP contribution is 2.12. The summed E-state index contributed by atoms with van der Waals surface area (Å²) in [5.74, 6) is -1.10. The van der Waals surface area contributed by atoms with Crippen molar-refractivity contribution in [2.24, 2.45) is 7.05 Å². The second kappa shape index (κ2) is 8.14. The number of carbonyl (C=O) groups is 3. The fourth-order valence-corrected chi connectivity index (χ4v) is 2.49. The van der Waals surface area contributed by atoms with Crippen LogP contribution in [0, 0.1) is 0 Å². The Morgan fingerprint density at radius 3 is 2.22 bits per heavy atom. The number of amides is 1. The summed E-state index contributed by atoms with van der Waals surface area (Å²) < 4.78 is 6.68. The highest BCUT2D eigenvalue weighted by Gasteiger charge is 2.14. The molecule has 2 aromatic carbocycles. The average molecular weight is 362 g/mol. The molecule has 0 bridgehead atoms. The Morgan fingerprint density at radius 2 is 1.59 bits per heavy atom. The molecule has 1 heterocycles. The van der Waals surface area contributed by atoms with Crippen molar-refractivity contribution in [3.8, 4) is 0 Å². The summed E-state index contributed by atoms with van der Waals surface area (Å²) in [6, 6.07) is 18.6. The third kappa shape index (κ3) is 4.49. The first-order valence-corrected chi connectivity index (χ1v) is 8.33. The second-order valence-electron chi connectivity index (χ2n) is 5.90. The Balaban J connectivity index is 1.56. The first kappa shape index (κ1) is 18.1. The number of anilines is 1. The van der Waals surface area contributed by atoms with Gasteiger partial charge >= 0.3 is 5.97 Å². The van der Waals surface area contributed by atoms with Gasteiger partial charge in [0.1, 0.15) is 5.69 Å². The van der Waals surface area contributed by atoms with Crippen LogP contribution < -0.4 is 5.32 Å². The zero-order valence-corrected chi connectivity index (χ0v) is 14.7. The van der Waals surface area contributed by atoms with Crippen molar-refractivity contribution in [1.29, 1.82) is 0 Å². The molecule has 0 radical (unpaired) electrons. The van der Waals surface area contributed by atoms with Crippen LogP contribution in [0.15, 0.2) is 72.9 Å². The lowest BCUT2D eigenvalue weighted by atomic mass is 10.1. The molecule has 3 rings (SSSR count). The number of esters is 1. The van der Waals surface area contributed by atoms with E-state index in [4.69, 9.17) is 4.74 Å². The summed E-state index contributed by atoms with van der Waals surface area (Å²) in [6.07, 6.45) is 1.72. The summed E-state index contributed by atoms with van der Waals surface area (Å²) in [5, 5.41) is 2.76.